The van der Waals surface area contributed by atoms with E-state index in [9.17, 15) is 14.0 Å². The van der Waals surface area contributed by atoms with E-state index in [1.54, 1.807) is 38.2 Å². The van der Waals surface area contributed by atoms with E-state index in [1.165, 1.54) is 17.0 Å². The molecule has 0 radical (unpaired) electrons. The molecule has 0 unspecified atom stereocenters. The molecule has 5 nitrogen and oxygen atoms in total. The number of benzene rings is 1. The Hall–Kier alpha value is -2.21. The van der Waals surface area contributed by atoms with E-state index in [1.807, 2.05) is 0 Å². The fraction of sp³-hybridized carbons (Fsp3) is 0.333. The number of carbonyl (C=O) groups excluding carboxylic acids is 1. The highest BCUT2D eigenvalue weighted by Crippen LogP contribution is 2.14. The number of likely N-dealkylation sites (N-methyl/N-ethyl adjacent to an activating group) is 2. The van der Waals surface area contributed by atoms with Crippen molar-refractivity contribution in [3.8, 4) is 0 Å². The summed E-state index contributed by atoms with van der Waals surface area (Å²) >= 11 is 0. The van der Waals surface area contributed by atoms with Gasteiger partial charge in [0.2, 0.25) is 5.91 Å². The fourth-order valence-electron chi connectivity index (χ4n) is 1.72. The molecule has 0 aliphatic carbocycles. The molecule has 21 heavy (non-hydrogen) atoms. The summed E-state index contributed by atoms with van der Waals surface area (Å²) in [6.45, 7) is 0.721. The molecule has 0 heterocycles. The topological polar surface area (TPSA) is 60.9 Å². The average Bonchev–Trinajstić information content (AvgIpc) is 2.38. The van der Waals surface area contributed by atoms with Crippen molar-refractivity contribution < 1.29 is 19.1 Å². The highest BCUT2D eigenvalue weighted by molar-refractivity contribution is 5.85. The van der Waals surface area contributed by atoms with E-state index in [0.717, 1.165) is 11.6 Å². The van der Waals surface area contributed by atoms with Crippen LogP contribution in [-0.4, -0.2) is 54.5 Å². The summed E-state index contributed by atoms with van der Waals surface area (Å²) in [5.41, 5.74) is 1.01. The molecule has 0 saturated heterocycles. The van der Waals surface area contributed by atoms with Crippen molar-refractivity contribution in [2.45, 2.75) is 6.54 Å². The van der Waals surface area contributed by atoms with Gasteiger partial charge in [0.05, 0.1) is 6.54 Å². The van der Waals surface area contributed by atoms with Gasteiger partial charge in [0.15, 0.2) is 0 Å². The van der Waals surface area contributed by atoms with Gasteiger partial charge in [0, 0.05) is 32.3 Å². The van der Waals surface area contributed by atoms with Gasteiger partial charge in [-0.3, -0.25) is 9.69 Å². The maximum atomic E-state index is 13.6. The minimum Gasteiger partial charge on any atom is -0.478 e. The molecule has 0 bridgehead atoms. The third-order valence-electron chi connectivity index (χ3n) is 2.82. The SMILES string of the molecule is CN(CC(=O)N(C)C)Cc1ccc(F)c(C=CC(=O)O)c1. The predicted octanol–water partition coefficient (Wildman–Crippen LogP) is 1.44. The third-order valence-corrected chi connectivity index (χ3v) is 2.82. The van der Waals surface area contributed by atoms with Crippen LogP contribution in [-0.2, 0) is 16.1 Å². The van der Waals surface area contributed by atoms with Crippen LogP contribution in [0.4, 0.5) is 4.39 Å². The quantitative estimate of drug-likeness (QED) is 0.807. The molecule has 1 rings (SSSR count). The number of nitrogens with zero attached hydrogens (tertiary/aromatic N) is 2. The zero-order valence-corrected chi connectivity index (χ0v) is 12.3. The monoisotopic (exact) mass is 294 g/mol. The van der Waals surface area contributed by atoms with Crippen LogP contribution < -0.4 is 0 Å². The van der Waals surface area contributed by atoms with Crippen LogP contribution in [0.5, 0.6) is 0 Å². The van der Waals surface area contributed by atoms with Crippen LogP contribution >= 0.6 is 0 Å². The number of carbonyl (C=O) groups is 2. The summed E-state index contributed by atoms with van der Waals surface area (Å²) in [5, 5.41) is 8.57. The minimum absolute atomic E-state index is 0.0226. The van der Waals surface area contributed by atoms with Gasteiger partial charge in [0.25, 0.3) is 0 Å². The summed E-state index contributed by atoms with van der Waals surface area (Å²) in [5.74, 6) is -1.64. The summed E-state index contributed by atoms with van der Waals surface area (Å²) in [6.07, 6.45) is 2.10. The Morgan fingerprint density at radius 3 is 2.52 bits per heavy atom. The lowest BCUT2D eigenvalue weighted by Gasteiger charge is -2.19. The molecule has 0 fully saturated rings. The molecule has 1 amide bonds. The Morgan fingerprint density at radius 1 is 1.29 bits per heavy atom. The van der Waals surface area contributed by atoms with Crippen LogP contribution in [0.1, 0.15) is 11.1 Å². The molecule has 0 saturated carbocycles. The Labute approximate surface area is 123 Å². The molecule has 0 aliphatic rings. The molecule has 0 aromatic heterocycles. The normalized spacial score (nSPS) is 11.1. The van der Waals surface area contributed by atoms with Crippen molar-refractivity contribution in [1.29, 1.82) is 0 Å². The van der Waals surface area contributed by atoms with Crippen molar-refractivity contribution in [2.75, 3.05) is 27.7 Å². The summed E-state index contributed by atoms with van der Waals surface area (Å²) < 4.78 is 13.6. The van der Waals surface area contributed by atoms with E-state index in [4.69, 9.17) is 5.11 Å². The van der Waals surface area contributed by atoms with Gasteiger partial charge in [-0.05, 0) is 30.8 Å². The zero-order valence-electron chi connectivity index (χ0n) is 12.3. The van der Waals surface area contributed by atoms with Gasteiger partial charge in [-0.1, -0.05) is 6.07 Å². The minimum atomic E-state index is -1.13. The van der Waals surface area contributed by atoms with Crippen molar-refractivity contribution >= 4 is 18.0 Å². The van der Waals surface area contributed by atoms with Crippen LogP contribution in [0.15, 0.2) is 24.3 Å². The smallest absolute Gasteiger partial charge is 0.328 e. The van der Waals surface area contributed by atoms with Crippen molar-refractivity contribution in [3.63, 3.8) is 0 Å². The number of rotatable bonds is 6. The van der Waals surface area contributed by atoms with E-state index >= 15 is 0 Å². The molecule has 1 aromatic rings. The molecular formula is C15H19FN2O3. The van der Waals surface area contributed by atoms with Crippen LogP contribution in [0.25, 0.3) is 6.08 Å². The lowest BCUT2D eigenvalue weighted by atomic mass is 10.1. The first kappa shape index (κ1) is 16.8. The first-order valence-corrected chi connectivity index (χ1v) is 6.37. The number of hydrogen-bond acceptors (Lipinski definition) is 3. The molecule has 0 aliphatic heterocycles. The van der Waals surface area contributed by atoms with Gasteiger partial charge >= 0.3 is 5.97 Å². The number of halogens is 1. The Bertz CT molecular complexity index is 556. The molecule has 1 aromatic carbocycles. The first-order chi connectivity index (χ1) is 9.79. The number of carboxylic acid groups (broad SMARTS) is 1. The van der Waals surface area contributed by atoms with E-state index in [0.29, 0.717) is 6.54 Å². The molecule has 0 atom stereocenters. The molecular weight excluding hydrogens is 275 g/mol. The predicted molar refractivity (Wildman–Crippen MR) is 78.1 cm³/mol. The second-order valence-electron chi connectivity index (χ2n) is 4.99. The van der Waals surface area contributed by atoms with Crippen molar-refractivity contribution in [1.82, 2.24) is 9.80 Å². The Balaban J connectivity index is 2.78. The maximum Gasteiger partial charge on any atom is 0.328 e. The van der Waals surface area contributed by atoms with Gasteiger partial charge in [-0.2, -0.15) is 0 Å². The molecule has 0 spiro atoms. The Morgan fingerprint density at radius 2 is 1.95 bits per heavy atom. The largest absolute Gasteiger partial charge is 0.478 e. The summed E-state index contributed by atoms with van der Waals surface area (Å²) in [6, 6.07) is 4.48. The van der Waals surface area contributed by atoms with E-state index in [2.05, 4.69) is 0 Å². The average molecular weight is 294 g/mol. The molecule has 1 N–H and O–H groups in total. The molecule has 6 heteroatoms. The van der Waals surface area contributed by atoms with Gasteiger partial charge < -0.3 is 10.0 Å². The van der Waals surface area contributed by atoms with E-state index < -0.39 is 11.8 Å². The maximum absolute atomic E-state index is 13.6. The standard InChI is InChI=1S/C15H19FN2O3/c1-17(2)14(19)10-18(3)9-11-4-6-13(16)12(8-11)5-7-15(20)21/h4-8H,9-10H2,1-3H3,(H,20,21). The zero-order chi connectivity index (χ0) is 16.0. The highest BCUT2D eigenvalue weighted by atomic mass is 19.1. The first-order valence-electron chi connectivity index (χ1n) is 6.37. The van der Waals surface area contributed by atoms with Crippen LogP contribution in [0, 0.1) is 5.82 Å². The van der Waals surface area contributed by atoms with Crippen molar-refractivity contribution in [2.24, 2.45) is 0 Å². The second-order valence-corrected chi connectivity index (χ2v) is 4.99. The number of hydrogen-bond donors (Lipinski definition) is 1. The lowest BCUT2D eigenvalue weighted by molar-refractivity contribution is -0.131. The summed E-state index contributed by atoms with van der Waals surface area (Å²) in [7, 11) is 5.16. The fourth-order valence-corrected chi connectivity index (χ4v) is 1.72. The lowest BCUT2D eigenvalue weighted by Crippen LogP contribution is -2.34. The number of carboxylic acids is 1. The number of aliphatic carboxylic acids is 1. The summed E-state index contributed by atoms with van der Waals surface area (Å²) in [4.78, 5) is 25.4. The van der Waals surface area contributed by atoms with Crippen molar-refractivity contribution in [3.05, 3.63) is 41.2 Å². The molecule has 114 valence electrons. The van der Waals surface area contributed by atoms with Gasteiger partial charge in [-0.15, -0.1) is 0 Å². The highest BCUT2D eigenvalue weighted by Gasteiger charge is 2.09. The Kier molecular flexibility index (Phi) is 6.05. The van der Waals surface area contributed by atoms with Gasteiger partial charge in [-0.25, -0.2) is 9.18 Å². The number of amides is 1. The third kappa shape index (κ3) is 5.74. The van der Waals surface area contributed by atoms with E-state index in [-0.39, 0.29) is 18.0 Å². The second kappa shape index (κ2) is 7.54. The van der Waals surface area contributed by atoms with Crippen LogP contribution in [0.2, 0.25) is 0 Å². The van der Waals surface area contributed by atoms with Gasteiger partial charge in [0.1, 0.15) is 5.82 Å². The van der Waals surface area contributed by atoms with Crippen LogP contribution in [0.3, 0.4) is 0 Å².